The normalized spacial score (nSPS) is 27.1. The molecule has 48 heavy (non-hydrogen) atoms. The number of halogens is 2. The maximum atomic E-state index is 17.0. The molecular formula is C37H36F2N6O3. The van der Waals surface area contributed by atoms with Crippen molar-refractivity contribution in [1.82, 2.24) is 25.2 Å². The van der Waals surface area contributed by atoms with Gasteiger partial charge in [-0.05, 0) is 62.2 Å². The van der Waals surface area contributed by atoms with Gasteiger partial charge >= 0.3 is 6.01 Å². The number of ether oxygens (including phenoxy) is 2. The largest absolute Gasteiger partial charge is 0.508 e. The van der Waals surface area contributed by atoms with E-state index in [-0.39, 0.29) is 56.6 Å². The Bertz CT molecular complexity index is 2060. The molecule has 0 amide bonds. The molecule has 0 radical (unpaired) electrons. The fraction of sp³-hybridized carbons (Fsp3) is 0.432. The third-order valence-corrected chi connectivity index (χ3v) is 11.4. The molecule has 2 aromatic carbocycles. The number of rotatable bonds is 6. The van der Waals surface area contributed by atoms with E-state index in [4.69, 9.17) is 20.9 Å². The van der Waals surface area contributed by atoms with Gasteiger partial charge in [0, 0.05) is 54.3 Å². The summed E-state index contributed by atoms with van der Waals surface area (Å²) >= 11 is 0. The summed E-state index contributed by atoms with van der Waals surface area (Å²) in [7, 11) is 0. The summed E-state index contributed by atoms with van der Waals surface area (Å²) in [5.74, 6) is 1.89. The standard InChI is InChI=1S/C37H36F2N6O3/c1-3-26-29(38)6-5-22-11-25(46)12-27(30(22)26)32-31(39)33-28(14-40-32)34(44-16-24-7-9-37(19-44,43-24)23-17-47-18-23)42-35(41-33)48-20-36-8-4-10-45(36)15-21(2)13-36/h1,5-6,11-12,14,23-24,43,46H,2,4,7-10,13,15-20H2/t24?,36-,37?/m0/s1. The third kappa shape index (κ3) is 4.50. The second-order valence-electron chi connectivity index (χ2n) is 14.3. The number of aromatic hydroxyl groups is 1. The summed E-state index contributed by atoms with van der Waals surface area (Å²) in [6.07, 6.45) is 12.3. The number of phenolic OH excluding ortho intramolecular Hbond substituents is 1. The number of aromatic nitrogens is 3. The topological polar surface area (TPSA) is 95.9 Å². The molecule has 3 atom stereocenters. The molecule has 5 fully saturated rings. The van der Waals surface area contributed by atoms with Gasteiger partial charge in [0.25, 0.3) is 0 Å². The summed E-state index contributed by atoms with van der Waals surface area (Å²) in [6, 6.07) is 5.92. The van der Waals surface area contributed by atoms with Crippen LogP contribution >= 0.6 is 0 Å². The van der Waals surface area contributed by atoms with Gasteiger partial charge in [0.2, 0.25) is 0 Å². The number of piperazine rings is 1. The number of nitrogens with zero attached hydrogens (tertiary/aromatic N) is 5. The Morgan fingerprint density at radius 3 is 2.90 bits per heavy atom. The Morgan fingerprint density at radius 2 is 2.08 bits per heavy atom. The highest BCUT2D eigenvalue weighted by atomic mass is 19.1. The van der Waals surface area contributed by atoms with E-state index < -0.39 is 11.6 Å². The molecule has 7 heterocycles. The van der Waals surface area contributed by atoms with Gasteiger partial charge in [-0.25, -0.2) is 8.78 Å². The molecule has 5 saturated heterocycles. The van der Waals surface area contributed by atoms with E-state index in [1.807, 2.05) is 0 Å². The Morgan fingerprint density at radius 1 is 1.21 bits per heavy atom. The van der Waals surface area contributed by atoms with Crippen molar-refractivity contribution in [2.75, 3.05) is 50.9 Å². The fourth-order valence-electron chi connectivity index (χ4n) is 9.00. The van der Waals surface area contributed by atoms with Crippen LogP contribution in [0.3, 0.4) is 0 Å². The van der Waals surface area contributed by atoms with Crippen molar-refractivity contribution in [3.8, 4) is 35.4 Å². The Hall–Kier alpha value is -4.37. The number of nitrogens with one attached hydrogen (secondary N) is 1. The molecule has 5 aliphatic rings. The lowest BCUT2D eigenvalue weighted by Crippen LogP contribution is -2.66. The first-order valence-corrected chi connectivity index (χ1v) is 16.7. The molecule has 11 heteroatoms. The molecule has 0 aliphatic carbocycles. The van der Waals surface area contributed by atoms with E-state index in [1.165, 1.54) is 29.8 Å². The number of pyridine rings is 1. The molecule has 2 unspecified atom stereocenters. The number of phenols is 1. The van der Waals surface area contributed by atoms with E-state index in [0.717, 1.165) is 45.2 Å². The number of anilines is 1. The van der Waals surface area contributed by atoms with Gasteiger partial charge < -0.3 is 24.8 Å². The van der Waals surface area contributed by atoms with Crippen LogP contribution in [0.1, 0.15) is 37.7 Å². The average Bonchev–Trinajstić information content (AvgIpc) is 3.67. The van der Waals surface area contributed by atoms with Gasteiger partial charge in [-0.2, -0.15) is 9.97 Å². The lowest BCUT2D eigenvalue weighted by atomic mass is 9.80. The molecular weight excluding hydrogens is 614 g/mol. The molecule has 9 nitrogen and oxygen atoms in total. The van der Waals surface area contributed by atoms with Gasteiger partial charge in [-0.3, -0.25) is 9.88 Å². The van der Waals surface area contributed by atoms with Crippen molar-refractivity contribution in [3.05, 3.63) is 59.8 Å². The summed E-state index contributed by atoms with van der Waals surface area (Å²) in [5.41, 5.74) is 0.981. The third-order valence-electron chi connectivity index (χ3n) is 11.4. The molecule has 0 saturated carbocycles. The SMILES string of the molecule is C#Cc1c(F)ccc2cc(O)cc(-c3ncc4c(N5CC6CCC(C7COC7)(C5)N6)nc(OC[C@@]56CCCN5CC(=C)C6)nc4c3F)c12. The molecule has 2 N–H and O–H groups in total. The van der Waals surface area contributed by atoms with Crippen molar-refractivity contribution < 1.29 is 23.4 Å². The Labute approximate surface area is 277 Å². The summed E-state index contributed by atoms with van der Waals surface area (Å²) < 4.78 is 43.9. The van der Waals surface area contributed by atoms with E-state index in [9.17, 15) is 9.50 Å². The predicted octanol–water partition coefficient (Wildman–Crippen LogP) is 4.94. The second kappa shape index (κ2) is 10.8. The van der Waals surface area contributed by atoms with Gasteiger partial charge in [0.15, 0.2) is 5.82 Å². The number of fused-ring (bicyclic) bond motifs is 5. The first kappa shape index (κ1) is 29.7. The number of benzene rings is 2. The summed E-state index contributed by atoms with van der Waals surface area (Å²) in [5, 5.41) is 15.7. The molecule has 4 aromatic rings. The minimum atomic E-state index is -0.727. The number of terminal acetylenes is 1. The minimum absolute atomic E-state index is 0.0312. The van der Waals surface area contributed by atoms with Gasteiger partial charge in [0.05, 0.1) is 29.7 Å². The predicted molar refractivity (Wildman–Crippen MR) is 178 cm³/mol. The lowest BCUT2D eigenvalue weighted by Gasteiger charge is -2.49. The summed E-state index contributed by atoms with van der Waals surface area (Å²) in [4.78, 5) is 18.9. The average molecular weight is 651 g/mol. The fourth-order valence-corrected chi connectivity index (χ4v) is 9.00. The van der Waals surface area contributed by atoms with Crippen LogP contribution in [0.5, 0.6) is 11.8 Å². The molecule has 9 rings (SSSR count). The van der Waals surface area contributed by atoms with Crippen LogP contribution in [-0.2, 0) is 4.74 Å². The molecule has 246 valence electrons. The highest BCUT2D eigenvalue weighted by molar-refractivity contribution is 6.03. The second-order valence-corrected chi connectivity index (χ2v) is 14.3. The highest BCUT2D eigenvalue weighted by Crippen LogP contribution is 2.44. The summed E-state index contributed by atoms with van der Waals surface area (Å²) in [6.45, 7) is 9.27. The quantitative estimate of drug-likeness (QED) is 0.222. The molecule has 0 spiro atoms. The zero-order valence-corrected chi connectivity index (χ0v) is 26.6. The van der Waals surface area contributed by atoms with Crippen molar-refractivity contribution in [2.45, 2.75) is 49.2 Å². The van der Waals surface area contributed by atoms with Crippen LogP contribution in [-0.4, -0.2) is 88.1 Å². The lowest BCUT2D eigenvalue weighted by molar-refractivity contribution is -0.0759. The van der Waals surface area contributed by atoms with E-state index in [0.29, 0.717) is 55.4 Å². The smallest absolute Gasteiger partial charge is 0.319 e. The van der Waals surface area contributed by atoms with Crippen molar-refractivity contribution in [2.24, 2.45) is 5.92 Å². The molecule has 2 aromatic heterocycles. The molecule has 2 bridgehead atoms. The zero-order chi connectivity index (χ0) is 32.8. The van der Waals surface area contributed by atoms with Crippen molar-refractivity contribution in [1.29, 1.82) is 0 Å². The first-order chi connectivity index (χ1) is 23.3. The Kier molecular flexibility index (Phi) is 6.71. The Balaban J connectivity index is 1.19. The van der Waals surface area contributed by atoms with Crippen LogP contribution in [0.25, 0.3) is 32.9 Å². The maximum absolute atomic E-state index is 17.0. The van der Waals surface area contributed by atoms with Gasteiger partial charge in [-0.1, -0.05) is 24.1 Å². The maximum Gasteiger partial charge on any atom is 0.319 e. The van der Waals surface area contributed by atoms with Crippen molar-refractivity contribution in [3.63, 3.8) is 0 Å². The number of hydrogen-bond donors (Lipinski definition) is 2. The van der Waals surface area contributed by atoms with Crippen LogP contribution < -0.4 is 15.0 Å². The van der Waals surface area contributed by atoms with Crippen molar-refractivity contribution >= 4 is 27.5 Å². The van der Waals surface area contributed by atoms with E-state index in [1.54, 1.807) is 6.20 Å². The van der Waals surface area contributed by atoms with E-state index in [2.05, 4.69) is 37.6 Å². The number of hydrogen-bond acceptors (Lipinski definition) is 9. The van der Waals surface area contributed by atoms with Gasteiger partial charge in [0.1, 0.15) is 35.2 Å². The van der Waals surface area contributed by atoms with Gasteiger partial charge in [-0.15, -0.1) is 6.42 Å². The highest BCUT2D eigenvalue weighted by Gasteiger charge is 2.52. The minimum Gasteiger partial charge on any atom is -0.508 e. The van der Waals surface area contributed by atoms with Crippen LogP contribution in [0, 0.1) is 29.9 Å². The van der Waals surface area contributed by atoms with Crippen LogP contribution in [0.4, 0.5) is 14.6 Å². The monoisotopic (exact) mass is 650 g/mol. The zero-order valence-electron chi connectivity index (χ0n) is 26.6. The first-order valence-electron chi connectivity index (χ1n) is 16.7. The van der Waals surface area contributed by atoms with Crippen LogP contribution in [0.2, 0.25) is 0 Å². The molecule has 5 aliphatic heterocycles. The van der Waals surface area contributed by atoms with Crippen LogP contribution in [0.15, 0.2) is 42.6 Å². The van der Waals surface area contributed by atoms with E-state index >= 15 is 4.39 Å².